The zero-order chi connectivity index (χ0) is 14.7. The third-order valence-electron chi connectivity index (χ3n) is 4.02. The molecule has 1 aromatic carbocycles. The molecule has 2 heterocycles. The molecule has 1 fully saturated rings. The predicted molar refractivity (Wildman–Crippen MR) is 78.2 cm³/mol. The van der Waals surface area contributed by atoms with Crippen molar-refractivity contribution in [1.82, 2.24) is 15.3 Å². The predicted octanol–water partition coefficient (Wildman–Crippen LogP) is 2.38. The van der Waals surface area contributed by atoms with E-state index in [9.17, 15) is 4.79 Å². The van der Waals surface area contributed by atoms with E-state index in [2.05, 4.69) is 15.3 Å². The summed E-state index contributed by atoms with van der Waals surface area (Å²) < 4.78 is 0. The first-order valence-electron chi connectivity index (χ1n) is 7.05. The second kappa shape index (κ2) is 6.01. The molecule has 1 unspecified atom stereocenters. The third-order valence-corrected chi connectivity index (χ3v) is 4.02. The molecule has 2 N–H and O–H groups in total. The Bertz CT molecular complexity index is 613. The lowest BCUT2D eigenvalue weighted by Gasteiger charge is -2.30. The summed E-state index contributed by atoms with van der Waals surface area (Å²) in [6.45, 7) is 0.935. The van der Waals surface area contributed by atoms with Crippen molar-refractivity contribution in [2.75, 3.05) is 6.54 Å². The first kappa shape index (κ1) is 13.7. The van der Waals surface area contributed by atoms with Gasteiger partial charge in [0.15, 0.2) is 0 Å². The number of benzene rings is 1. The van der Waals surface area contributed by atoms with Crippen LogP contribution in [0.1, 0.15) is 46.3 Å². The van der Waals surface area contributed by atoms with Crippen LogP contribution in [0, 0.1) is 0 Å². The van der Waals surface area contributed by atoms with Crippen molar-refractivity contribution >= 4 is 5.97 Å². The molecule has 5 nitrogen and oxygen atoms in total. The van der Waals surface area contributed by atoms with Crippen LogP contribution in [0.4, 0.5) is 0 Å². The Morgan fingerprint density at radius 2 is 1.86 bits per heavy atom. The molecule has 21 heavy (non-hydrogen) atoms. The zero-order valence-electron chi connectivity index (χ0n) is 11.6. The van der Waals surface area contributed by atoms with Gasteiger partial charge in [-0.25, -0.2) is 14.8 Å². The maximum Gasteiger partial charge on any atom is 0.335 e. The van der Waals surface area contributed by atoms with Crippen LogP contribution in [-0.4, -0.2) is 27.6 Å². The van der Waals surface area contributed by atoms with Gasteiger partial charge >= 0.3 is 5.97 Å². The Labute approximate surface area is 123 Å². The van der Waals surface area contributed by atoms with Crippen molar-refractivity contribution in [3.8, 4) is 0 Å². The molecule has 0 radical (unpaired) electrons. The fourth-order valence-corrected chi connectivity index (χ4v) is 2.85. The van der Waals surface area contributed by atoms with E-state index in [4.69, 9.17) is 5.11 Å². The largest absolute Gasteiger partial charge is 0.478 e. The third kappa shape index (κ3) is 3.08. The number of nitrogens with zero attached hydrogens (tertiary/aromatic N) is 2. The van der Waals surface area contributed by atoms with E-state index in [0.29, 0.717) is 11.5 Å². The molecule has 1 aromatic heterocycles. The first-order chi connectivity index (χ1) is 10.2. The number of hydrogen-bond acceptors (Lipinski definition) is 4. The van der Waals surface area contributed by atoms with Gasteiger partial charge in [0.2, 0.25) is 0 Å². The van der Waals surface area contributed by atoms with Crippen LogP contribution in [0.15, 0.2) is 43.0 Å². The van der Waals surface area contributed by atoms with Gasteiger partial charge in [0.05, 0.1) is 5.56 Å². The fourth-order valence-electron chi connectivity index (χ4n) is 2.85. The Morgan fingerprint density at radius 3 is 2.52 bits per heavy atom. The van der Waals surface area contributed by atoms with Crippen molar-refractivity contribution in [2.24, 2.45) is 0 Å². The van der Waals surface area contributed by atoms with E-state index in [0.717, 1.165) is 24.9 Å². The Hall–Kier alpha value is -2.27. The molecule has 5 heteroatoms. The average molecular weight is 283 g/mol. The van der Waals surface area contributed by atoms with Crippen molar-refractivity contribution in [1.29, 1.82) is 0 Å². The number of carbonyl (C=O) groups is 1. The smallest absolute Gasteiger partial charge is 0.335 e. The van der Waals surface area contributed by atoms with Crippen LogP contribution >= 0.6 is 0 Å². The first-order valence-corrected chi connectivity index (χ1v) is 7.05. The summed E-state index contributed by atoms with van der Waals surface area (Å²) in [5.74, 6) is -0.450. The molecule has 1 aliphatic heterocycles. The highest BCUT2D eigenvalue weighted by Gasteiger charge is 2.24. The van der Waals surface area contributed by atoms with E-state index in [1.165, 1.54) is 5.56 Å². The Balaban J connectivity index is 1.75. The van der Waals surface area contributed by atoms with Crippen molar-refractivity contribution in [3.05, 3.63) is 59.7 Å². The number of aromatic nitrogens is 2. The minimum Gasteiger partial charge on any atom is -0.478 e. The highest BCUT2D eigenvalue weighted by molar-refractivity contribution is 5.87. The van der Waals surface area contributed by atoms with E-state index < -0.39 is 5.97 Å². The van der Waals surface area contributed by atoms with Gasteiger partial charge < -0.3 is 10.4 Å². The molecule has 1 saturated heterocycles. The summed E-state index contributed by atoms with van der Waals surface area (Å²) in [4.78, 5) is 19.1. The van der Waals surface area contributed by atoms with Crippen LogP contribution in [0.5, 0.6) is 0 Å². The van der Waals surface area contributed by atoms with Crippen LogP contribution < -0.4 is 5.32 Å². The molecule has 0 bridgehead atoms. The fraction of sp³-hybridized carbons (Fsp3) is 0.312. The molecular formula is C16H17N3O2. The summed E-state index contributed by atoms with van der Waals surface area (Å²) in [5, 5.41) is 12.4. The molecule has 0 spiro atoms. The molecular weight excluding hydrogens is 266 g/mol. The zero-order valence-corrected chi connectivity index (χ0v) is 11.6. The summed E-state index contributed by atoms with van der Waals surface area (Å²) >= 11 is 0. The van der Waals surface area contributed by atoms with Crippen molar-refractivity contribution in [2.45, 2.75) is 24.8 Å². The number of rotatable bonds is 3. The Morgan fingerprint density at radius 1 is 1.14 bits per heavy atom. The minimum absolute atomic E-state index is 0.242. The average Bonchev–Trinajstić information content (AvgIpc) is 2.56. The molecule has 108 valence electrons. The standard InChI is InChI=1S/C16H17N3O2/c20-16(21)12-3-1-11(2-4-12)15-7-13(5-6-19-15)14-8-17-10-18-9-14/h1-4,8-10,13,15,19H,5-7H2,(H,20,21)/t13?,15-/m0/s1. The lowest BCUT2D eigenvalue weighted by atomic mass is 9.85. The van der Waals surface area contributed by atoms with Gasteiger partial charge in [-0.1, -0.05) is 12.1 Å². The van der Waals surface area contributed by atoms with E-state index in [1.54, 1.807) is 18.5 Å². The Kier molecular flexibility index (Phi) is 3.92. The second-order valence-electron chi connectivity index (χ2n) is 5.33. The topological polar surface area (TPSA) is 75.1 Å². The monoisotopic (exact) mass is 283 g/mol. The van der Waals surface area contributed by atoms with Crippen LogP contribution in [0.25, 0.3) is 0 Å². The lowest BCUT2D eigenvalue weighted by molar-refractivity contribution is 0.0697. The minimum atomic E-state index is -0.891. The number of nitrogens with one attached hydrogen (secondary N) is 1. The number of carboxylic acid groups (broad SMARTS) is 1. The molecule has 1 aliphatic rings. The van der Waals surface area contributed by atoms with E-state index in [1.807, 2.05) is 24.5 Å². The van der Waals surface area contributed by atoms with Crippen LogP contribution in [0.3, 0.4) is 0 Å². The molecule has 2 aromatic rings. The van der Waals surface area contributed by atoms with Gasteiger partial charge in [-0.3, -0.25) is 0 Å². The van der Waals surface area contributed by atoms with Gasteiger partial charge in [-0.2, -0.15) is 0 Å². The van der Waals surface area contributed by atoms with Gasteiger partial charge in [0.25, 0.3) is 0 Å². The summed E-state index contributed by atoms with van der Waals surface area (Å²) in [6.07, 6.45) is 7.35. The molecule has 2 atom stereocenters. The highest BCUT2D eigenvalue weighted by atomic mass is 16.4. The van der Waals surface area contributed by atoms with Gasteiger partial charge in [0, 0.05) is 18.4 Å². The highest BCUT2D eigenvalue weighted by Crippen LogP contribution is 2.33. The van der Waals surface area contributed by atoms with Gasteiger partial charge in [-0.15, -0.1) is 0 Å². The van der Waals surface area contributed by atoms with Crippen LogP contribution in [0.2, 0.25) is 0 Å². The quantitative estimate of drug-likeness (QED) is 0.904. The second-order valence-corrected chi connectivity index (χ2v) is 5.33. The SMILES string of the molecule is O=C(O)c1ccc([C@@H]2CC(c3cncnc3)CCN2)cc1. The number of hydrogen-bond donors (Lipinski definition) is 2. The van der Waals surface area contributed by atoms with E-state index >= 15 is 0 Å². The van der Waals surface area contributed by atoms with Gasteiger partial charge in [-0.05, 0) is 48.6 Å². The summed E-state index contributed by atoms with van der Waals surface area (Å²) in [5.41, 5.74) is 2.62. The number of aromatic carboxylic acids is 1. The van der Waals surface area contributed by atoms with Crippen molar-refractivity contribution < 1.29 is 9.90 Å². The molecule has 3 rings (SSSR count). The maximum atomic E-state index is 10.9. The maximum absolute atomic E-state index is 10.9. The number of piperidine rings is 1. The number of carboxylic acids is 1. The normalized spacial score (nSPS) is 21.9. The summed E-state index contributed by atoms with van der Waals surface area (Å²) in [7, 11) is 0. The summed E-state index contributed by atoms with van der Waals surface area (Å²) in [6, 6.07) is 7.35. The molecule has 0 saturated carbocycles. The van der Waals surface area contributed by atoms with E-state index in [-0.39, 0.29) is 6.04 Å². The van der Waals surface area contributed by atoms with Gasteiger partial charge in [0.1, 0.15) is 6.33 Å². The van der Waals surface area contributed by atoms with Crippen molar-refractivity contribution in [3.63, 3.8) is 0 Å². The lowest BCUT2D eigenvalue weighted by Crippen LogP contribution is -2.31. The van der Waals surface area contributed by atoms with Crippen LogP contribution in [-0.2, 0) is 0 Å². The molecule has 0 aliphatic carbocycles. The molecule has 0 amide bonds.